The van der Waals surface area contributed by atoms with Crippen LogP contribution >= 0.6 is 0 Å². The number of nitrogens with zero attached hydrogens (tertiary/aromatic N) is 1. The lowest BCUT2D eigenvalue weighted by Crippen LogP contribution is -2.63. The molecule has 2 rings (SSSR count). The second kappa shape index (κ2) is 7.65. The van der Waals surface area contributed by atoms with Gasteiger partial charge in [-0.05, 0) is 58.1 Å². The Morgan fingerprint density at radius 1 is 1.12 bits per heavy atom. The topological polar surface area (TPSA) is 52.9 Å². The Morgan fingerprint density at radius 2 is 1.68 bits per heavy atom. The number of aliphatic hydroxyl groups excluding tert-OH is 2. The Kier molecular flexibility index (Phi) is 6.18. The van der Waals surface area contributed by atoms with Gasteiger partial charge in [0, 0.05) is 17.6 Å². The van der Waals surface area contributed by atoms with Crippen molar-refractivity contribution in [3.05, 3.63) is 29.8 Å². The summed E-state index contributed by atoms with van der Waals surface area (Å²) in [5, 5.41) is 20.7. The molecular weight excluding hydrogens is 314 g/mol. The molecule has 4 nitrogen and oxygen atoms in total. The smallest absolute Gasteiger partial charge is 0.122 e. The minimum atomic E-state index is -0.575. The van der Waals surface area contributed by atoms with E-state index in [2.05, 4.69) is 52.5 Å². The van der Waals surface area contributed by atoms with Gasteiger partial charge in [0.2, 0.25) is 0 Å². The summed E-state index contributed by atoms with van der Waals surface area (Å²) in [7, 11) is 0. The molecule has 142 valence electrons. The van der Waals surface area contributed by atoms with Crippen LogP contribution in [0.15, 0.2) is 24.3 Å². The molecular formula is C21H35NO3. The molecule has 1 atom stereocenters. The second-order valence-electron chi connectivity index (χ2n) is 8.95. The summed E-state index contributed by atoms with van der Waals surface area (Å²) in [5.74, 6) is 1.24. The first-order valence-electron chi connectivity index (χ1n) is 9.38. The van der Waals surface area contributed by atoms with Gasteiger partial charge in [-0.25, -0.2) is 0 Å². The summed E-state index contributed by atoms with van der Waals surface area (Å²) in [5.41, 5.74) is 0.854. The quantitative estimate of drug-likeness (QED) is 0.824. The fourth-order valence-corrected chi connectivity index (χ4v) is 4.30. The molecule has 1 aromatic carbocycles. The second-order valence-corrected chi connectivity index (χ2v) is 8.95. The van der Waals surface area contributed by atoms with E-state index in [0.717, 1.165) is 24.2 Å². The van der Waals surface area contributed by atoms with Crippen LogP contribution in [0.1, 0.15) is 65.9 Å². The van der Waals surface area contributed by atoms with Crippen molar-refractivity contribution in [2.75, 3.05) is 13.2 Å². The van der Waals surface area contributed by atoms with E-state index in [4.69, 9.17) is 4.74 Å². The predicted octanol–water partition coefficient (Wildman–Crippen LogP) is 3.56. The van der Waals surface area contributed by atoms with Gasteiger partial charge in [0.1, 0.15) is 18.5 Å². The Labute approximate surface area is 152 Å². The molecule has 1 aliphatic heterocycles. The van der Waals surface area contributed by atoms with Crippen molar-refractivity contribution in [1.29, 1.82) is 0 Å². The van der Waals surface area contributed by atoms with Crippen LogP contribution in [-0.4, -0.2) is 51.6 Å². The van der Waals surface area contributed by atoms with Crippen molar-refractivity contribution in [1.82, 2.24) is 4.90 Å². The number of piperidine rings is 1. The molecule has 0 bridgehead atoms. The number of aliphatic hydroxyl groups is 2. The molecule has 1 saturated heterocycles. The zero-order chi connectivity index (χ0) is 18.8. The van der Waals surface area contributed by atoms with Crippen LogP contribution in [0.25, 0.3) is 0 Å². The van der Waals surface area contributed by atoms with Gasteiger partial charge < -0.3 is 14.9 Å². The maximum atomic E-state index is 10.6. The van der Waals surface area contributed by atoms with E-state index < -0.39 is 6.10 Å². The van der Waals surface area contributed by atoms with Crippen LogP contribution in [0.4, 0.5) is 0 Å². The van der Waals surface area contributed by atoms with Gasteiger partial charge in [0.25, 0.3) is 0 Å². The normalized spacial score (nSPS) is 22.1. The highest BCUT2D eigenvalue weighted by Crippen LogP contribution is 2.38. The number of hydrogen-bond acceptors (Lipinski definition) is 4. The van der Waals surface area contributed by atoms with E-state index in [0.29, 0.717) is 12.5 Å². The molecule has 0 aliphatic carbocycles. The fourth-order valence-electron chi connectivity index (χ4n) is 4.30. The SMILES string of the molecule is CC(C)c1ccccc1OC[C@@H](O)CN1C(C)(C)CC(O)CC1(C)C. The lowest BCUT2D eigenvalue weighted by Gasteiger charge is -2.55. The zero-order valence-corrected chi connectivity index (χ0v) is 16.6. The third-order valence-electron chi connectivity index (χ3n) is 5.30. The fraction of sp³-hybridized carbons (Fsp3) is 0.714. The minimum absolute atomic E-state index is 0.155. The average Bonchev–Trinajstić information content (AvgIpc) is 2.48. The number of para-hydroxylation sites is 1. The molecule has 1 aliphatic rings. The van der Waals surface area contributed by atoms with Gasteiger partial charge in [-0.1, -0.05) is 32.0 Å². The lowest BCUT2D eigenvalue weighted by atomic mass is 9.78. The first kappa shape index (κ1) is 20.2. The summed E-state index contributed by atoms with van der Waals surface area (Å²) < 4.78 is 5.93. The molecule has 0 saturated carbocycles. The highest BCUT2D eigenvalue weighted by atomic mass is 16.5. The van der Waals surface area contributed by atoms with Gasteiger partial charge in [-0.15, -0.1) is 0 Å². The first-order chi connectivity index (χ1) is 11.5. The number of ether oxygens (including phenoxy) is 1. The third kappa shape index (κ3) is 4.96. The maximum Gasteiger partial charge on any atom is 0.122 e. The van der Waals surface area contributed by atoms with Crippen molar-refractivity contribution >= 4 is 0 Å². The van der Waals surface area contributed by atoms with E-state index in [1.165, 1.54) is 0 Å². The molecule has 1 heterocycles. The number of likely N-dealkylation sites (tertiary alicyclic amines) is 1. The van der Waals surface area contributed by atoms with E-state index in [9.17, 15) is 10.2 Å². The largest absolute Gasteiger partial charge is 0.491 e. The Bertz CT molecular complexity index is 550. The summed E-state index contributed by atoms with van der Waals surface area (Å²) in [6, 6.07) is 8.02. The number of hydrogen-bond donors (Lipinski definition) is 2. The summed E-state index contributed by atoms with van der Waals surface area (Å²) in [4.78, 5) is 2.31. The minimum Gasteiger partial charge on any atom is -0.491 e. The van der Waals surface area contributed by atoms with Gasteiger partial charge >= 0.3 is 0 Å². The first-order valence-corrected chi connectivity index (χ1v) is 9.38. The van der Waals surface area contributed by atoms with Crippen LogP contribution in [0, 0.1) is 0 Å². The van der Waals surface area contributed by atoms with Crippen molar-refractivity contribution in [2.45, 2.75) is 83.6 Å². The van der Waals surface area contributed by atoms with Crippen LogP contribution in [0.3, 0.4) is 0 Å². The monoisotopic (exact) mass is 349 g/mol. The molecule has 1 aromatic rings. The van der Waals surface area contributed by atoms with E-state index >= 15 is 0 Å². The molecule has 0 radical (unpaired) electrons. The van der Waals surface area contributed by atoms with Crippen molar-refractivity contribution in [2.24, 2.45) is 0 Å². The Hall–Kier alpha value is -1.10. The van der Waals surface area contributed by atoms with Gasteiger partial charge in [0.15, 0.2) is 0 Å². The van der Waals surface area contributed by atoms with Crippen molar-refractivity contribution < 1.29 is 14.9 Å². The van der Waals surface area contributed by atoms with Crippen LogP contribution in [-0.2, 0) is 0 Å². The van der Waals surface area contributed by atoms with Crippen molar-refractivity contribution in [3.63, 3.8) is 0 Å². The summed E-state index contributed by atoms with van der Waals surface area (Å²) in [6.45, 7) is 13.6. The van der Waals surface area contributed by atoms with E-state index in [1.807, 2.05) is 18.2 Å². The lowest BCUT2D eigenvalue weighted by molar-refractivity contribution is -0.1000. The van der Waals surface area contributed by atoms with Crippen LogP contribution < -0.4 is 4.74 Å². The third-order valence-corrected chi connectivity index (χ3v) is 5.30. The number of benzene rings is 1. The van der Waals surface area contributed by atoms with Gasteiger partial charge in [-0.2, -0.15) is 0 Å². The predicted molar refractivity (Wildman–Crippen MR) is 102 cm³/mol. The molecule has 0 amide bonds. The molecule has 0 spiro atoms. The molecule has 4 heteroatoms. The maximum absolute atomic E-state index is 10.6. The summed E-state index contributed by atoms with van der Waals surface area (Å²) >= 11 is 0. The Balaban J connectivity index is 2.01. The standard InChI is InChI=1S/C21H35NO3/c1-15(2)18-9-7-8-10-19(18)25-14-17(24)13-22-20(3,4)11-16(23)12-21(22,5)6/h7-10,15-17,23-24H,11-14H2,1-6H3/t17-/m0/s1. The highest BCUT2D eigenvalue weighted by molar-refractivity contribution is 5.35. The zero-order valence-electron chi connectivity index (χ0n) is 16.6. The van der Waals surface area contributed by atoms with Crippen LogP contribution in [0.5, 0.6) is 5.75 Å². The number of β-amino-alcohol motifs (C(OH)–C–C–N with tert-alkyl or cyclic N) is 1. The molecule has 0 unspecified atom stereocenters. The highest BCUT2D eigenvalue weighted by Gasteiger charge is 2.45. The Morgan fingerprint density at radius 3 is 2.24 bits per heavy atom. The van der Waals surface area contributed by atoms with Gasteiger partial charge in [0.05, 0.1) is 6.10 Å². The number of rotatable bonds is 6. The van der Waals surface area contributed by atoms with E-state index in [1.54, 1.807) is 0 Å². The summed E-state index contributed by atoms with van der Waals surface area (Å²) in [6.07, 6.45) is 0.585. The van der Waals surface area contributed by atoms with E-state index in [-0.39, 0.29) is 23.8 Å². The average molecular weight is 350 g/mol. The molecule has 25 heavy (non-hydrogen) atoms. The molecule has 0 aromatic heterocycles. The molecule has 1 fully saturated rings. The van der Waals surface area contributed by atoms with Crippen LogP contribution in [0.2, 0.25) is 0 Å². The van der Waals surface area contributed by atoms with Crippen molar-refractivity contribution in [3.8, 4) is 5.75 Å². The van der Waals surface area contributed by atoms with Gasteiger partial charge in [-0.3, -0.25) is 4.90 Å². The molecule has 2 N–H and O–H groups in total.